The number of terminal acetylenes is 1. The first-order valence-corrected chi connectivity index (χ1v) is 8.43. The number of amides is 1. The zero-order valence-electron chi connectivity index (χ0n) is 13.0. The SMILES string of the molecule is C#CCOCCC(=O)N1CCOCC1c1nc(-c2cccs2)no1. The quantitative estimate of drug-likeness (QED) is 0.585. The minimum Gasteiger partial charge on any atom is -0.377 e. The van der Waals surface area contributed by atoms with E-state index < -0.39 is 0 Å². The van der Waals surface area contributed by atoms with Crippen LogP contribution in [0.1, 0.15) is 18.4 Å². The highest BCUT2D eigenvalue weighted by atomic mass is 32.1. The molecular weight excluding hydrogens is 330 g/mol. The third-order valence-corrected chi connectivity index (χ3v) is 4.43. The summed E-state index contributed by atoms with van der Waals surface area (Å²) in [7, 11) is 0. The van der Waals surface area contributed by atoms with Gasteiger partial charge in [-0.1, -0.05) is 17.1 Å². The number of carbonyl (C=O) groups is 1. The molecule has 0 bridgehead atoms. The molecule has 1 unspecified atom stereocenters. The van der Waals surface area contributed by atoms with E-state index in [1.54, 1.807) is 4.90 Å². The van der Waals surface area contributed by atoms with E-state index in [9.17, 15) is 4.79 Å². The van der Waals surface area contributed by atoms with Crippen LogP contribution < -0.4 is 0 Å². The van der Waals surface area contributed by atoms with Gasteiger partial charge in [0.1, 0.15) is 12.6 Å². The number of nitrogens with zero attached hydrogens (tertiary/aromatic N) is 3. The van der Waals surface area contributed by atoms with E-state index in [-0.39, 0.29) is 31.6 Å². The average Bonchev–Trinajstić information content (AvgIpc) is 3.29. The Hall–Kier alpha value is -2.21. The lowest BCUT2D eigenvalue weighted by Crippen LogP contribution is -2.43. The molecule has 0 saturated carbocycles. The predicted octanol–water partition coefficient (Wildman–Crippen LogP) is 1.74. The van der Waals surface area contributed by atoms with Gasteiger partial charge in [0.2, 0.25) is 11.7 Å². The maximum atomic E-state index is 12.4. The molecular formula is C16H17N3O4S. The van der Waals surface area contributed by atoms with E-state index in [1.165, 1.54) is 11.3 Å². The molecule has 126 valence electrons. The van der Waals surface area contributed by atoms with Crippen molar-refractivity contribution in [2.45, 2.75) is 12.5 Å². The Bertz CT molecular complexity index is 707. The fraction of sp³-hybridized carbons (Fsp3) is 0.438. The zero-order valence-corrected chi connectivity index (χ0v) is 13.8. The Labute approximate surface area is 143 Å². The molecule has 0 aliphatic carbocycles. The van der Waals surface area contributed by atoms with Gasteiger partial charge in [0.05, 0.1) is 31.1 Å². The van der Waals surface area contributed by atoms with Crippen LogP contribution in [0.5, 0.6) is 0 Å². The second-order valence-electron chi connectivity index (χ2n) is 5.12. The minimum absolute atomic E-state index is 0.0452. The van der Waals surface area contributed by atoms with Crippen molar-refractivity contribution in [3.05, 3.63) is 23.4 Å². The van der Waals surface area contributed by atoms with Gasteiger partial charge in [-0.15, -0.1) is 17.8 Å². The van der Waals surface area contributed by atoms with Crippen LogP contribution in [0.2, 0.25) is 0 Å². The van der Waals surface area contributed by atoms with Gasteiger partial charge in [0.25, 0.3) is 5.89 Å². The van der Waals surface area contributed by atoms with Crippen molar-refractivity contribution in [2.24, 2.45) is 0 Å². The molecule has 8 heteroatoms. The van der Waals surface area contributed by atoms with Gasteiger partial charge in [0.15, 0.2) is 0 Å². The molecule has 3 rings (SSSR count). The molecule has 1 amide bonds. The van der Waals surface area contributed by atoms with E-state index in [4.69, 9.17) is 20.4 Å². The molecule has 0 aromatic carbocycles. The second-order valence-corrected chi connectivity index (χ2v) is 6.07. The summed E-state index contributed by atoms with van der Waals surface area (Å²) in [6, 6.07) is 3.47. The Kier molecular flexibility index (Phi) is 5.59. The number of aromatic nitrogens is 2. The largest absolute Gasteiger partial charge is 0.377 e. The third kappa shape index (κ3) is 3.82. The molecule has 1 saturated heterocycles. The molecule has 2 aromatic heterocycles. The van der Waals surface area contributed by atoms with E-state index >= 15 is 0 Å². The number of carbonyl (C=O) groups excluding carboxylic acids is 1. The van der Waals surface area contributed by atoms with Crippen molar-refractivity contribution in [3.63, 3.8) is 0 Å². The van der Waals surface area contributed by atoms with Crippen LogP contribution in [-0.2, 0) is 14.3 Å². The van der Waals surface area contributed by atoms with Crippen molar-refractivity contribution in [1.29, 1.82) is 0 Å². The van der Waals surface area contributed by atoms with Crippen molar-refractivity contribution in [2.75, 3.05) is 33.0 Å². The normalized spacial score (nSPS) is 17.6. The fourth-order valence-corrected chi connectivity index (χ4v) is 3.07. The number of hydrogen-bond acceptors (Lipinski definition) is 7. The lowest BCUT2D eigenvalue weighted by Gasteiger charge is -2.33. The smallest absolute Gasteiger partial charge is 0.252 e. The van der Waals surface area contributed by atoms with Crippen molar-refractivity contribution in [1.82, 2.24) is 15.0 Å². The molecule has 0 N–H and O–H groups in total. The maximum Gasteiger partial charge on any atom is 0.252 e. The van der Waals surface area contributed by atoms with Gasteiger partial charge in [-0.2, -0.15) is 4.98 Å². The lowest BCUT2D eigenvalue weighted by atomic mass is 10.2. The Morgan fingerprint density at radius 2 is 2.50 bits per heavy atom. The molecule has 0 radical (unpaired) electrons. The van der Waals surface area contributed by atoms with Crippen LogP contribution in [0.15, 0.2) is 22.0 Å². The second kappa shape index (κ2) is 8.06. The summed E-state index contributed by atoms with van der Waals surface area (Å²) in [6.07, 6.45) is 5.37. The van der Waals surface area contributed by atoms with Gasteiger partial charge in [0, 0.05) is 6.54 Å². The van der Waals surface area contributed by atoms with Crippen molar-refractivity contribution >= 4 is 17.2 Å². The Balaban J connectivity index is 1.68. The maximum absolute atomic E-state index is 12.4. The van der Waals surface area contributed by atoms with Gasteiger partial charge in [-0.3, -0.25) is 4.79 Å². The third-order valence-electron chi connectivity index (χ3n) is 3.56. The molecule has 7 nitrogen and oxygen atoms in total. The number of ether oxygens (including phenoxy) is 2. The predicted molar refractivity (Wildman–Crippen MR) is 87.2 cm³/mol. The van der Waals surface area contributed by atoms with Crippen molar-refractivity contribution in [3.8, 4) is 23.0 Å². The summed E-state index contributed by atoms with van der Waals surface area (Å²) in [4.78, 5) is 19.5. The van der Waals surface area contributed by atoms with Crippen LogP contribution in [-0.4, -0.2) is 53.9 Å². The van der Waals surface area contributed by atoms with Gasteiger partial charge in [-0.25, -0.2) is 0 Å². The summed E-state index contributed by atoms with van der Waals surface area (Å²) in [5.74, 6) is 3.24. The number of rotatable bonds is 6. The number of thiophene rings is 1. The van der Waals surface area contributed by atoms with Crippen molar-refractivity contribution < 1.29 is 18.8 Å². The van der Waals surface area contributed by atoms with Crippen LogP contribution in [0.3, 0.4) is 0 Å². The molecule has 0 spiro atoms. The van der Waals surface area contributed by atoms with Crippen LogP contribution >= 0.6 is 11.3 Å². The molecule has 24 heavy (non-hydrogen) atoms. The van der Waals surface area contributed by atoms with E-state index in [0.29, 0.717) is 31.5 Å². The zero-order chi connectivity index (χ0) is 16.8. The first-order chi connectivity index (χ1) is 11.8. The molecule has 1 aliphatic rings. The van der Waals surface area contributed by atoms with Gasteiger partial charge < -0.3 is 18.9 Å². The highest BCUT2D eigenvalue weighted by Crippen LogP contribution is 2.27. The molecule has 1 fully saturated rings. The Morgan fingerprint density at radius 1 is 1.58 bits per heavy atom. The standard InChI is InChI=1S/C16H17N3O4S/c1-2-7-21-8-5-14(20)19-6-9-22-11-12(19)16-17-15(18-23-16)13-4-3-10-24-13/h1,3-4,10,12H,5-9,11H2. The number of hydrogen-bond donors (Lipinski definition) is 0. The number of morpholine rings is 1. The topological polar surface area (TPSA) is 77.7 Å². The van der Waals surface area contributed by atoms with Gasteiger partial charge >= 0.3 is 0 Å². The van der Waals surface area contributed by atoms with E-state index in [1.807, 2.05) is 17.5 Å². The fourth-order valence-electron chi connectivity index (χ4n) is 2.42. The summed E-state index contributed by atoms with van der Waals surface area (Å²) >= 11 is 1.53. The Morgan fingerprint density at radius 3 is 3.29 bits per heavy atom. The highest BCUT2D eigenvalue weighted by Gasteiger charge is 2.32. The average molecular weight is 347 g/mol. The minimum atomic E-state index is -0.375. The van der Waals surface area contributed by atoms with Crippen LogP contribution in [0.25, 0.3) is 10.7 Å². The summed E-state index contributed by atoms with van der Waals surface area (Å²) in [5.41, 5.74) is 0. The highest BCUT2D eigenvalue weighted by molar-refractivity contribution is 7.13. The summed E-state index contributed by atoms with van der Waals surface area (Å²) in [6.45, 7) is 1.79. The van der Waals surface area contributed by atoms with E-state index in [2.05, 4.69) is 16.1 Å². The van der Waals surface area contributed by atoms with Crippen LogP contribution in [0, 0.1) is 12.3 Å². The molecule has 1 atom stereocenters. The lowest BCUT2D eigenvalue weighted by molar-refractivity contribution is -0.142. The monoisotopic (exact) mass is 347 g/mol. The molecule has 2 aromatic rings. The molecule has 3 heterocycles. The van der Waals surface area contributed by atoms with E-state index in [0.717, 1.165) is 4.88 Å². The van der Waals surface area contributed by atoms with Crippen LogP contribution in [0.4, 0.5) is 0 Å². The van der Waals surface area contributed by atoms with Gasteiger partial charge in [-0.05, 0) is 11.4 Å². The first kappa shape index (κ1) is 16.6. The molecule has 1 aliphatic heterocycles. The summed E-state index contributed by atoms with van der Waals surface area (Å²) < 4.78 is 16.0. The summed E-state index contributed by atoms with van der Waals surface area (Å²) in [5, 5.41) is 5.94. The first-order valence-electron chi connectivity index (χ1n) is 7.55.